The molecule has 0 aliphatic carbocycles. The van der Waals surface area contributed by atoms with Crippen LogP contribution in [0.4, 0.5) is 5.69 Å². The molecule has 0 bridgehead atoms. The molecule has 2 aromatic carbocycles. The lowest BCUT2D eigenvalue weighted by Gasteiger charge is -2.15. The van der Waals surface area contributed by atoms with Gasteiger partial charge in [0, 0.05) is 12.1 Å². The van der Waals surface area contributed by atoms with Gasteiger partial charge in [0.15, 0.2) is 11.0 Å². The number of anilines is 1. The van der Waals surface area contributed by atoms with Gasteiger partial charge in [-0.2, -0.15) is 0 Å². The zero-order chi connectivity index (χ0) is 23.1. The van der Waals surface area contributed by atoms with Gasteiger partial charge in [0.05, 0.1) is 24.6 Å². The lowest BCUT2D eigenvalue weighted by atomic mass is 10.2. The highest BCUT2D eigenvalue weighted by atomic mass is 32.2. The highest BCUT2D eigenvalue weighted by Gasteiger charge is 2.20. The van der Waals surface area contributed by atoms with E-state index in [9.17, 15) is 9.59 Å². The zero-order valence-corrected chi connectivity index (χ0v) is 19.4. The standard InChI is InChI=1S/C23H27N5O3S/c1-5-28-21(16(3)24-22(30)17-9-7-6-8-10-17)26-27-23(28)32-14-20(29)25-18-13-15(2)11-12-19(18)31-4/h6-13,16H,5,14H2,1-4H3,(H,24,30)(H,25,29)/t16-/m0/s1. The summed E-state index contributed by atoms with van der Waals surface area (Å²) in [5.74, 6) is 1.07. The molecule has 32 heavy (non-hydrogen) atoms. The number of hydrogen-bond donors (Lipinski definition) is 2. The van der Waals surface area contributed by atoms with E-state index in [0.29, 0.717) is 34.5 Å². The number of carbonyl (C=O) groups is 2. The number of aryl methyl sites for hydroxylation is 1. The van der Waals surface area contributed by atoms with Gasteiger partial charge in [-0.25, -0.2) is 0 Å². The number of nitrogens with zero attached hydrogens (tertiary/aromatic N) is 3. The maximum Gasteiger partial charge on any atom is 0.251 e. The Morgan fingerprint density at radius 1 is 1.16 bits per heavy atom. The van der Waals surface area contributed by atoms with Crippen LogP contribution in [0.3, 0.4) is 0 Å². The second kappa shape index (κ2) is 10.8. The summed E-state index contributed by atoms with van der Waals surface area (Å²) in [5.41, 5.74) is 2.24. The number of amides is 2. The van der Waals surface area contributed by atoms with Gasteiger partial charge < -0.3 is 19.9 Å². The van der Waals surface area contributed by atoms with Crippen molar-refractivity contribution in [1.29, 1.82) is 0 Å². The molecule has 0 unspecified atom stereocenters. The van der Waals surface area contributed by atoms with Crippen molar-refractivity contribution in [3.05, 3.63) is 65.5 Å². The first-order chi connectivity index (χ1) is 15.4. The molecular weight excluding hydrogens is 426 g/mol. The summed E-state index contributed by atoms with van der Waals surface area (Å²) in [7, 11) is 1.57. The number of aromatic nitrogens is 3. The molecule has 1 atom stereocenters. The molecule has 0 fully saturated rings. The number of rotatable bonds is 9. The van der Waals surface area contributed by atoms with E-state index in [4.69, 9.17) is 4.74 Å². The van der Waals surface area contributed by atoms with Gasteiger partial charge in [-0.15, -0.1) is 10.2 Å². The third-order valence-corrected chi connectivity index (χ3v) is 5.76. The highest BCUT2D eigenvalue weighted by Crippen LogP contribution is 2.26. The van der Waals surface area contributed by atoms with E-state index in [1.54, 1.807) is 19.2 Å². The molecule has 0 radical (unpaired) electrons. The van der Waals surface area contributed by atoms with Crippen molar-refractivity contribution >= 4 is 29.3 Å². The second-order valence-electron chi connectivity index (χ2n) is 7.19. The van der Waals surface area contributed by atoms with E-state index >= 15 is 0 Å². The van der Waals surface area contributed by atoms with Crippen LogP contribution < -0.4 is 15.4 Å². The SMILES string of the molecule is CCn1c(SCC(=O)Nc2cc(C)ccc2OC)nnc1[C@H](C)NC(=O)c1ccccc1. The van der Waals surface area contributed by atoms with Gasteiger partial charge in [-0.1, -0.05) is 36.0 Å². The topological polar surface area (TPSA) is 98.1 Å². The summed E-state index contributed by atoms with van der Waals surface area (Å²) in [6.07, 6.45) is 0. The number of carbonyl (C=O) groups excluding carboxylic acids is 2. The van der Waals surface area contributed by atoms with Crippen LogP contribution in [-0.4, -0.2) is 39.4 Å². The first kappa shape index (κ1) is 23.3. The third-order valence-electron chi connectivity index (χ3n) is 4.79. The van der Waals surface area contributed by atoms with Gasteiger partial charge in [0.25, 0.3) is 5.91 Å². The number of methoxy groups -OCH3 is 1. The molecule has 1 heterocycles. The van der Waals surface area contributed by atoms with Gasteiger partial charge in [0.2, 0.25) is 5.91 Å². The zero-order valence-electron chi connectivity index (χ0n) is 18.6. The maximum absolute atomic E-state index is 12.5. The van der Waals surface area contributed by atoms with E-state index in [1.165, 1.54) is 11.8 Å². The average molecular weight is 454 g/mol. The van der Waals surface area contributed by atoms with Gasteiger partial charge in [0.1, 0.15) is 5.75 Å². The number of hydrogen-bond acceptors (Lipinski definition) is 6. The normalized spacial score (nSPS) is 11.6. The lowest BCUT2D eigenvalue weighted by Crippen LogP contribution is -2.28. The van der Waals surface area contributed by atoms with Gasteiger partial charge >= 0.3 is 0 Å². The largest absolute Gasteiger partial charge is 0.495 e. The molecule has 0 saturated heterocycles. The summed E-state index contributed by atoms with van der Waals surface area (Å²) in [6.45, 7) is 6.40. The number of benzene rings is 2. The predicted octanol–water partition coefficient (Wildman–Crippen LogP) is 3.84. The number of ether oxygens (including phenoxy) is 1. The predicted molar refractivity (Wildman–Crippen MR) is 125 cm³/mol. The minimum Gasteiger partial charge on any atom is -0.495 e. The molecule has 3 rings (SSSR count). The maximum atomic E-state index is 12.5. The smallest absolute Gasteiger partial charge is 0.251 e. The van der Waals surface area contributed by atoms with Crippen molar-refractivity contribution in [2.75, 3.05) is 18.2 Å². The van der Waals surface area contributed by atoms with Crippen molar-refractivity contribution in [3.8, 4) is 5.75 Å². The van der Waals surface area contributed by atoms with E-state index in [2.05, 4.69) is 20.8 Å². The molecule has 9 heteroatoms. The van der Waals surface area contributed by atoms with Crippen LogP contribution in [0.15, 0.2) is 53.7 Å². The summed E-state index contributed by atoms with van der Waals surface area (Å²) in [4.78, 5) is 25.0. The number of nitrogens with one attached hydrogen (secondary N) is 2. The summed E-state index contributed by atoms with van der Waals surface area (Å²) in [5, 5.41) is 15.0. The Balaban J connectivity index is 1.64. The third kappa shape index (κ3) is 5.67. The van der Waals surface area contributed by atoms with Crippen LogP contribution in [0, 0.1) is 6.92 Å². The Kier molecular flexibility index (Phi) is 7.88. The van der Waals surface area contributed by atoms with Crippen molar-refractivity contribution in [2.45, 2.75) is 38.5 Å². The van der Waals surface area contributed by atoms with Crippen LogP contribution in [0.5, 0.6) is 5.75 Å². The minimum atomic E-state index is -0.338. The Labute approximate surface area is 191 Å². The fourth-order valence-corrected chi connectivity index (χ4v) is 4.00. The highest BCUT2D eigenvalue weighted by molar-refractivity contribution is 7.99. The van der Waals surface area contributed by atoms with Crippen LogP contribution >= 0.6 is 11.8 Å². The molecule has 2 amide bonds. The monoisotopic (exact) mass is 453 g/mol. The average Bonchev–Trinajstić information content (AvgIpc) is 3.21. The Bertz CT molecular complexity index is 1080. The Hall–Kier alpha value is -3.33. The van der Waals surface area contributed by atoms with E-state index in [0.717, 1.165) is 5.56 Å². The van der Waals surface area contributed by atoms with Crippen molar-refractivity contribution < 1.29 is 14.3 Å². The molecule has 0 aliphatic heterocycles. The molecule has 0 aliphatic rings. The fourth-order valence-electron chi connectivity index (χ4n) is 3.19. The molecule has 2 N–H and O–H groups in total. The molecule has 168 valence electrons. The van der Waals surface area contributed by atoms with Crippen LogP contribution in [0.2, 0.25) is 0 Å². The molecular formula is C23H27N5O3S. The molecule has 0 saturated carbocycles. The van der Waals surface area contributed by atoms with Crippen LogP contribution in [-0.2, 0) is 11.3 Å². The first-order valence-electron chi connectivity index (χ1n) is 10.3. The Morgan fingerprint density at radius 3 is 2.59 bits per heavy atom. The summed E-state index contributed by atoms with van der Waals surface area (Å²) >= 11 is 1.29. The Morgan fingerprint density at radius 2 is 1.91 bits per heavy atom. The molecule has 8 nitrogen and oxygen atoms in total. The van der Waals surface area contributed by atoms with Crippen molar-refractivity contribution in [2.24, 2.45) is 0 Å². The summed E-state index contributed by atoms with van der Waals surface area (Å²) < 4.78 is 7.22. The van der Waals surface area contributed by atoms with E-state index in [-0.39, 0.29) is 23.6 Å². The number of thioether (sulfide) groups is 1. The van der Waals surface area contributed by atoms with Gasteiger partial charge in [-0.05, 0) is 50.6 Å². The molecule has 0 spiro atoms. The minimum absolute atomic E-state index is 0.167. The van der Waals surface area contributed by atoms with Crippen molar-refractivity contribution in [1.82, 2.24) is 20.1 Å². The quantitative estimate of drug-likeness (QED) is 0.478. The fraction of sp³-hybridized carbons (Fsp3) is 0.304. The van der Waals surface area contributed by atoms with Gasteiger partial charge in [-0.3, -0.25) is 9.59 Å². The first-order valence-corrected chi connectivity index (χ1v) is 11.3. The summed E-state index contributed by atoms with van der Waals surface area (Å²) in [6, 6.07) is 14.3. The second-order valence-corrected chi connectivity index (χ2v) is 8.13. The van der Waals surface area contributed by atoms with Crippen LogP contribution in [0.1, 0.15) is 41.6 Å². The van der Waals surface area contributed by atoms with E-state index < -0.39 is 0 Å². The van der Waals surface area contributed by atoms with E-state index in [1.807, 2.05) is 61.7 Å². The van der Waals surface area contributed by atoms with Crippen LogP contribution in [0.25, 0.3) is 0 Å². The van der Waals surface area contributed by atoms with Crippen molar-refractivity contribution in [3.63, 3.8) is 0 Å². The lowest BCUT2D eigenvalue weighted by molar-refractivity contribution is -0.113. The molecule has 3 aromatic rings. The molecule has 1 aromatic heterocycles.